The second-order valence-corrected chi connectivity index (χ2v) is 7.89. The normalized spacial score (nSPS) is 13.4. The number of phenols is 1. The zero-order chi connectivity index (χ0) is 22.3. The Morgan fingerprint density at radius 2 is 1.58 bits per heavy atom. The molecule has 0 spiro atoms. The molecule has 0 fully saturated rings. The molecule has 0 aromatic heterocycles. The van der Waals surface area contributed by atoms with Gasteiger partial charge in [0.1, 0.15) is 5.75 Å². The lowest BCUT2D eigenvalue weighted by Crippen LogP contribution is -2.24. The van der Waals surface area contributed by atoms with Gasteiger partial charge in [-0.1, -0.05) is 56.3 Å². The SMILES string of the molecule is CCC(C)c1cccc(C)c1C(=O)Nc1ccc(O)c2c1C(=O)c1ccccc1C2=O. The van der Waals surface area contributed by atoms with Crippen LogP contribution >= 0.6 is 0 Å². The van der Waals surface area contributed by atoms with Gasteiger partial charge >= 0.3 is 0 Å². The zero-order valence-electron chi connectivity index (χ0n) is 17.7. The van der Waals surface area contributed by atoms with Crippen molar-refractivity contribution < 1.29 is 19.5 Å². The fourth-order valence-electron chi connectivity index (χ4n) is 4.13. The standard InChI is InChI=1S/C26H23NO4/c1-4-14(2)16-11-7-8-15(3)21(16)26(31)27-19-12-13-20(28)23-22(19)24(29)17-9-5-6-10-18(17)25(23)30/h5-14,28H,4H2,1-3H3,(H,27,31). The molecule has 0 bridgehead atoms. The number of fused-ring (bicyclic) bond motifs is 2. The molecule has 1 aliphatic carbocycles. The smallest absolute Gasteiger partial charge is 0.256 e. The molecule has 0 aliphatic heterocycles. The van der Waals surface area contributed by atoms with Crippen molar-refractivity contribution in [2.45, 2.75) is 33.1 Å². The molecule has 5 heteroatoms. The molecule has 0 heterocycles. The second-order valence-electron chi connectivity index (χ2n) is 7.89. The molecule has 3 aromatic rings. The number of aryl methyl sites for hydroxylation is 1. The van der Waals surface area contributed by atoms with Crippen molar-refractivity contribution in [2.24, 2.45) is 0 Å². The van der Waals surface area contributed by atoms with Crippen LogP contribution in [0.2, 0.25) is 0 Å². The molecule has 0 radical (unpaired) electrons. The fraction of sp³-hybridized carbons (Fsp3) is 0.192. The number of carbonyl (C=O) groups excluding carboxylic acids is 3. The summed E-state index contributed by atoms with van der Waals surface area (Å²) in [6, 6.07) is 15.0. The molecule has 1 amide bonds. The monoisotopic (exact) mass is 413 g/mol. The molecular formula is C26H23NO4. The van der Waals surface area contributed by atoms with Crippen molar-refractivity contribution >= 4 is 23.2 Å². The number of anilines is 1. The minimum absolute atomic E-state index is 0.0238. The Balaban J connectivity index is 1.82. The number of ketones is 2. The van der Waals surface area contributed by atoms with Crippen LogP contribution in [0.4, 0.5) is 5.69 Å². The summed E-state index contributed by atoms with van der Waals surface area (Å²) in [6.45, 7) is 6.00. The molecule has 1 aliphatic rings. The number of benzene rings is 3. The molecule has 0 saturated carbocycles. The van der Waals surface area contributed by atoms with Crippen LogP contribution in [-0.4, -0.2) is 22.6 Å². The summed E-state index contributed by atoms with van der Waals surface area (Å²) in [5.41, 5.74) is 2.99. The minimum atomic E-state index is -0.435. The van der Waals surface area contributed by atoms with Crippen LogP contribution in [0.3, 0.4) is 0 Å². The lowest BCUT2D eigenvalue weighted by molar-refractivity contribution is 0.0976. The number of hydrogen-bond donors (Lipinski definition) is 2. The number of hydrogen-bond acceptors (Lipinski definition) is 4. The molecule has 1 atom stereocenters. The van der Waals surface area contributed by atoms with Crippen LogP contribution in [-0.2, 0) is 0 Å². The Morgan fingerprint density at radius 1 is 0.935 bits per heavy atom. The quantitative estimate of drug-likeness (QED) is 0.448. The first-order valence-electron chi connectivity index (χ1n) is 10.3. The minimum Gasteiger partial charge on any atom is -0.507 e. The van der Waals surface area contributed by atoms with E-state index >= 15 is 0 Å². The summed E-state index contributed by atoms with van der Waals surface area (Å²) >= 11 is 0. The first-order chi connectivity index (χ1) is 14.8. The van der Waals surface area contributed by atoms with E-state index in [1.807, 2.05) is 25.1 Å². The highest BCUT2D eigenvalue weighted by atomic mass is 16.3. The first kappa shape index (κ1) is 20.5. The molecule has 5 nitrogen and oxygen atoms in total. The maximum Gasteiger partial charge on any atom is 0.256 e. The van der Waals surface area contributed by atoms with E-state index in [-0.39, 0.29) is 45.5 Å². The van der Waals surface area contributed by atoms with E-state index in [1.165, 1.54) is 12.1 Å². The van der Waals surface area contributed by atoms with Gasteiger partial charge in [0, 0.05) is 16.7 Å². The van der Waals surface area contributed by atoms with Crippen molar-refractivity contribution in [2.75, 3.05) is 5.32 Å². The molecule has 4 rings (SSSR count). The summed E-state index contributed by atoms with van der Waals surface area (Å²) in [5.74, 6) is -1.28. The van der Waals surface area contributed by atoms with Crippen LogP contribution in [0.15, 0.2) is 54.6 Å². The number of carbonyl (C=O) groups is 3. The van der Waals surface area contributed by atoms with Crippen LogP contribution in [0, 0.1) is 6.92 Å². The average Bonchev–Trinajstić information content (AvgIpc) is 2.77. The van der Waals surface area contributed by atoms with Gasteiger partial charge in [-0.05, 0) is 42.5 Å². The molecule has 31 heavy (non-hydrogen) atoms. The lowest BCUT2D eigenvalue weighted by atomic mass is 9.82. The van der Waals surface area contributed by atoms with Gasteiger partial charge in [-0.2, -0.15) is 0 Å². The zero-order valence-corrected chi connectivity index (χ0v) is 17.7. The highest BCUT2D eigenvalue weighted by molar-refractivity contribution is 6.31. The Kier molecular flexibility index (Phi) is 5.19. The average molecular weight is 413 g/mol. The Hall–Kier alpha value is -3.73. The van der Waals surface area contributed by atoms with Gasteiger partial charge in [-0.25, -0.2) is 0 Å². The number of aromatic hydroxyl groups is 1. The van der Waals surface area contributed by atoms with E-state index < -0.39 is 11.6 Å². The van der Waals surface area contributed by atoms with Crippen LogP contribution < -0.4 is 5.32 Å². The van der Waals surface area contributed by atoms with Crippen LogP contribution in [0.25, 0.3) is 0 Å². The Bertz CT molecular complexity index is 1240. The van der Waals surface area contributed by atoms with Crippen molar-refractivity contribution in [3.63, 3.8) is 0 Å². The number of rotatable bonds is 4. The molecular weight excluding hydrogens is 390 g/mol. The van der Waals surface area contributed by atoms with E-state index in [0.29, 0.717) is 5.56 Å². The Labute approximate surface area is 180 Å². The summed E-state index contributed by atoms with van der Waals surface area (Å²) < 4.78 is 0. The number of nitrogens with one attached hydrogen (secondary N) is 1. The van der Waals surface area contributed by atoms with E-state index in [9.17, 15) is 19.5 Å². The van der Waals surface area contributed by atoms with Crippen molar-refractivity contribution in [3.05, 3.63) is 93.5 Å². The third-order valence-electron chi connectivity index (χ3n) is 5.98. The molecule has 2 N–H and O–H groups in total. The van der Waals surface area contributed by atoms with Gasteiger partial charge in [-0.3, -0.25) is 14.4 Å². The summed E-state index contributed by atoms with van der Waals surface area (Å²) in [7, 11) is 0. The van der Waals surface area contributed by atoms with E-state index in [4.69, 9.17) is 0 Å². The van der Waals surface area contributed by atoms with Gasteiger partial charge in [0.2, 0.25) is 0 Å². The van der Waals surface area contributed by atoms with Gasteiger partial charge < -0.3 is 10.4 Å². The molecule has 1 unspecified atom stereocenters. The van der Waals surface area contributed by atoms with Gasteiger partial charge in [0.15, 0.2) is 11.6 Å². The summed E-state index contributed by atoms with van der Waals surface area (Å²) in [5, 5.41) is 13.2. The molecule has 156 valence electrons. The van der Waals surface area contributed by atoms with Crippen molar-refractivity contribution in [1.29, 1.82) is 0 Å². The summed E-state index contributed by atoms with van der Waals surface area (Å²) in [6.07, 6.45) is 0.877. The maximum atomic E-state index is 13.3. The van der Waals surface area contributed by atoms with Crippen molar-refractivity contribution in [3.8, 4) is 5.75 Å². The lowest BCUT2D eigenvalue weighted by Gasteiger charge is -2.22. The van der Waals surface area contributed by atoms with Gasteiger partial charge in [0.05, 0.1) is 16.8 Å². The van der Waals surface area contributed by atoms with Crippen LogP contribution in [0.5, 0.6) is 5.75 Å². The third kappa shape index (κ3) is 3.32. The topological polar surface area (TPSA) is 83.5 Å². The third-order valence-corrected chi connectivity index (χ3v) is 5.98. The number of amides is 1. The second kappa shape index (κ2) is 7.84. The Morgan fingerprint density at radius 3 is 2.23 bits per heavy atom. The highest BCUT2D eigenvalue weighted by Gasteiger charge is 2.34. The van der Waals surface area contributed by atoms with E-state index in [1.54, 1.807) is 24.3 Å². The predicted octanol–water partition coefficient (Wildman–Crippen LogP) is 5.24. The van der Waals surface area contributed by atoms with Gasteiger partial charge in [0.25, 0.3) is 5.91 Å². The highest BCUT2D eigenvalue weighted by Crippen LogP contribution is 2.37. The largest absolute Gasteiger partial charge is 0.507 e. The van der Waals surface area contributed by atoms with E-state index in [0.717, 1.165) is 17.5 Å². The molecule has 3 aromatic carbocycles. The number of phenolic OH excluding ortho intramolecular Hbond substituents is 1. The van der Waals surface area contributed by atoms with Crippen LogP contribution in [0.1, 0.15) is 79.5 Å². The molecule has 0 saturated heterocycles. The summed E-state index contributed by atoms with van der Waals surface area (Å²) in [4.78, 5) is 39.5. The predicted molar refractivity (Wildman–Crippen MR) is 119 cm³/mol. The fourth-order valence-corrected chi connectivity index (χ4v) is 4.13. The van der Waals surface area contributed by atoms with Gasteiger partial charge in [-0.15, -0.1) is 0 Å². The van der Waals surface area contributed by atoms with E-state index in [2.05, 4.69) is 19.2 Å². The maximum absolute atomic E-state index is 13.3. The van der Waals surface area contributed by atoms with Crippen molar-refractivity contribution in [1.82, 2.24) is 0 Å². The first-order valence-corrected chi connectivity index (χ1v) is 10.3.